The first kappa shape index (κ1) is 26.0. The zero-order valence-electron chi connectivity index (χ0n) is 20.0. The van der Waals surface area contributed by atoms with E-state index < -0.39 is 23.2 Å². The summed E-state index contributed by atoms with van der Waals surface area (Å²) in [5, 5.41) is 16.0. The Kier molecular flexibility index (Phi) is 8.20. The third kappa shape index (κ3) is 6.01. The molecule has 1 aliphatic carbocycles. The van der Waals surface area contributed by atoms with Gasteiger partial charge in [0.15, 0.2) is 17.3 Å². The minimum atomic E-state index is -0.868. The molecular formula is C24H30ClF2N7O2. The molecule has 0 aliphatic heterocycles. The first-order chi connectivity index (χ1) is 17.2. The highest BCUT2D eigenvalue weighted by Gasteiger charge is 2.25. The van der Waals surface area contributed by atoms with E-state index in [0.717, 1.165) is 37.8 Å². The van der Waals surface area contributed by atoms with Crippen LogP contribution in [-0.4, -0.2) is 42.7 Å². The van der Waals surface area contributed by atoms with Crippen LogP contribution >= 0.6 is 11.6 Å². The van der Waals surface area contributed by atoms with E-state index in [-0.39, 0.29) is 35.6 Å². The molecule has 194 valence electrons. The van der Waals surface area contributed by atoms with E-state index in [0.29, 0.717) is 36.4 Å². The molecule has 9 nitrogen and oxygen atoms in total. The number of amides is 1. The monoisotopic (exact) mass is 521 g/mol. The van der Waals surface area contributed by atoms with Crippen LogP contribution in [-0.2, 0) is 4.79 Å². The molecule has 2 heterocycles. The second-order valence-corrected chi connectivity index (χ2v) is 9.62. The van der Waals surface area contributed by atoms with E-state index in [4.69, 9.17) is 17.3 Å². The Hall–Kier alpha value is -3.05. The van der Waals surface area contributed by atoms with Crippen molar-refractivity contribution in [3.8, 4) is 0 Å². The molecule has 12 heteroatoms. The lowest BCUT2D eigenvalue weighted by molar-refractivity contribution is -0.118. The molecule has 0 radical (unpaired) electrons. The molecule has 1 amide bonds. The highest BCUT2D eigenvalue weighted by molar-refractivity contribution is 6.30. The molecule has 0 unspecified atom stereocenters. The van der Waals surface area contributed by atoms with Crippen LogP contribution in [0.15, 0.2) is 18.3 Å². The predicted molar refractivity (Wildman–Crippen MR) is 134 cm³/mol. The van der Waals surface area contributed by atoms with Crippen molar-refractivity contribution in [1.82, 2.24) is 19.5 Å². The van der Waals surface area contributed by atoms with Crippen LogP contribution < -0.4 is 16.4 Å². The highest BCUT2D eigenvalue weighted by atomic mass is 35.5. The number of aliphatic hydroxyl groups is 1. The molecule has 1 fully saturated rings. The average molecular weight is 522 g/mol. The number of hydrogen-bond donors (Lipinski definition) is 4. The molecule has 2 aromatic heterocycles. The normalized spacial score (nSPS) is 18.8. The smallest absolute Gasteiger partial charge is 0.224 e. The predicted octanol–water partition coefficient (Wildman–Crippen LogP) is 4.82. The summed E-state index contributed by atoms with van der Waals surface area (Å²) in [6, 6.07) is 1.78. The first-order valence-electron chi connectivity index (χ1n) is 12.1. The maximum Gasteiger partial charge on any atom is 0.224 e. The Morgan fingerprint density at radius 2 is 2.03 bits per heavy atom. The van der Waals surface area contributed by atoms with Gasteiger partial charge in [-0.05, 0) is 50.7 Å². The van der Waals surface area contributed by atoms with Crippen molar-refractivity contribution in [2.24, 2.45) is 5.73 Å². The Bertz CT molecular complexity index is 1220. The summed E-state index contributed by atoms with van der Waals surface area (Å²) in [5.74, 6) is -1.66. The van der Waals surface area contributed by atoms with Crippen molar-refractivity contribution in [3.05, 3.63) is 35.0 Å². The fraction of sp³-hybridized carbons (Fsp3) is 0.500. The third-order valence-electron chi connectivity index (χ3n) is 6.37. The maximum atomic E-state index is 14.6. The molecule has 0 spiro atoms. The van der Waals surface area contributed by atoms with Gasteiger partial charge in [-0.2, -0.15) is 4.98 Å². The number of primary amides is 1. The Morgan fingerprint density at radius 3 is 2.69 bits per heavy atom. The van der Waals surface area contributed by atoms with Gasteiger partial charge in [-0.3, -0.25) is 9.36 Å². The van der Waals surface area contributed by atoms with Gasteiger partial charge >= 0.3 is 0 Å². The van der Waals surface area contributed by atoms with Crippen molar-refractivity contribution in [3.63, 3.8) is 0 Å². The second-order valence-electron chi connectivity index (χ2n) is 9.19. The number of imidazole rings is 1. The highest BCUT2D eigenvalue weighted by Crippen LogP contribution is 2.33. The number of hydrogen-bond acceptors (Lipinski definition) is 7. The number of fused-ring (bicyclic) bond motifs is 1. The van der Waals surface area contributed by atoms with Crippen molar-refractivity contribution >= 4 is 46.3 Å². The van der Waals surface area contributed by atoms with Gasteiger partial charge < -0.3 is 21.5 Å². The lowest BCUT2D eigenvalue weighted by atomic mass is 9.93. The first-order valence-corrected chi connectivity index (χ1v) is 12.5. The molecule has 5 N–H and O–H groups in total. The van der Waals surface area contributed by atoms with E-state index in [1.807, 2.05) is 6.92 Å². The van der Waals surface area contributed by atoms with Gasteiger partial charge in [-0.1, -0.05) is 24.9 Å². The van der Waals surface area contributed by atoms with Crippen LogP contribution in [0.2, 0.25) is 5.02 Å². The molecule has 3 atom stereocenters. The number of aromatic nitrogens is 4. The minimum absolute atomic E-state index is 0.0266. The number of anilines is 3. The topological polar surface area (TPSA) is 131 Å². The van der Waals surface area contributed by atoms with Gasteiger partial charge in [-0.15, -0.1) is 0 Å². The molecule has 0 saturated heterocycles. The zero-order chi connectivity index (χ0) is 25.8. The van der Waals surface area contributed by atoms with Gasteiger partial charge in [0, 0.05) is 23.5 Å². The van der Waals surface area contributed by atoms with Crippen molar-refractivity contribution < 1.29 is 18.7 Å². The SMILES string of the molecule is CCC[C@H](CCC(N)=O)n1c(Nc2c(F)cc(Cl)cc2F)nc2cnc(N[C@H]3CCC[C@H](O)C3)nc21. The van der Waals surface area contributed by atoms with E-state index in [1.54, 1.807) is 4.57 Å². The summed E-state index contributed by atoms with van der Waals surface area (Å²) in [6.07, 6.45) is 6.29. The van der Waals surface area contributed by atoms with E-state index in [2.05, 4.69) is 25.6 Å². The number of nitrogens with one attached hydrogen (secondary N) is 2. The number of carbonyl (C=O) groups is 1. The number of halogens is 3. The summed E-state index contributed by atoms with van der Waals surface area (Å²) in [6.45, 7) is 2.00. The minimum Gasteiger partial charge on any atom is -0.393 e. The van der Waals surface area contributed by atoms with Crippen molar-refractivity contribution in [2.45, 2.75) is 76.5 Å². The summed E-state index contributed by atoms with van der Waals surface area (Å²) in [4.78, 5) is 25.1. The van der Waals surface area contributed by atoms with E-state index in [1.165, 1.54) is 6.20 Å². The number of nitrogens with zero attached hydrogens (tertiary/aromatic N) is 4. The summed E-state index contributed by atoms with van der Waals surface area (Å²) >= 11 is 5.78. The van der Waals surface area contributed by atoms with Gasteiger partial charge in [0.2, 0.25) is 17.8 Å². The second kappa shape index (κ2) is 11.3. The molecule has 3 aromatic rings. The lowest BCUT2D eigenvalue weighted by Crippen LogP contribution is -2.30. The third-order valence-corrected chi connectivity index (χ3v) is 6.59. The molecule has 1 aliphatic rings. The number of aliphatic hydroxyl groups excluding tert-OH is 1. The summed E-state index contributed by atoms with van der Waals surface area (Å²) in [5.41, 5.74) is 5.88. The van der Waals surface area contributed by atoms with Crippen LogP contribution in [0.25, 0.3) is 11.2 Å². The van der Waals surface area contributed by atoms with Crippen LogP contribution in [0.4, 0.5) is 26.4 Å². The summed E-state index contributed by atoms with van der Waals surface area (Å²) in [7, 11) is 0. The lowest BCUT2D eigenvalue weighted by Gasteiger charge is -2.26. The molecular weight excluding hydrogens is 492 g/mol. The Labute approximate surface area is 212 Å². The van der Waals surface area contributed by atoms with Crippen LogP contribution in [0.1, 0.15) is 64.3 Å². The molecule has 1 saturated carbocycles. The number of rotatable bonds is 10. The molecule has 1 aromatic carbocycles. The van der Waals surface area contributed by atoms with E-state index in [9.17, 15) is 18.7 Å². The maximum absolute atomic E-state index is 14.6. The average Bonchev–Trinajstić information content (AvgIpc) is 3.16. The van der Waals surface area contributed by atoms with Gasteiger partial charge in [0.25, 0.3) is 0 Å². The summed E-state index contributed by atoms with van der Waals surface area (Å²) < 4.78 is 30.9. The van der Waals surface area contributed by atoms with Crippen molar-refractivity contribution in [2.75, 3.05) is 10.6 Å². The molecule has 4 rings (SSSR count). The molecule has 36 heavy (non-hydrogen) atoms. The Balaban J connectivity index is 1.77. The number of nitrogens with two attached hydrogens (primary N) is 1. The number of benzene rings is 1. The fourth-order valence-electron chi connectivity index (χ4n) is 4.69. The largest absolute Gasteiger partial charge is 0.393 e. The van der Waals surface area contributed by atoms with Gasteiger partial charge in [0.1, 0.15) is 11.2 Å². The molecule has 0 bridgehead atoms. The van der Waals surface area contributed by atoms with E-state index >= 15 is 0 Å². The zero-order valence-corrected chi connectivity index (χ0v) is 20.7. The van der Waals surface area contributed by atoms with Crippen LogP contribution in [0, 0.1) is 11.6 Å². The van der Waals surface area contributed by atoms with Crippen molar-refractivity contribution in [1.29, 1.82) is 0 Å². The number of carbonyl (C=O) groups excluding carboxylic acids is 1. The van der Waals surface area contributed by atoms with Crippen LogP contribution in [0.5, 0.6) is 0 Å². The van der Waals surface area contributed by atoms with Gasteiger partial charge in [-0.25, -0.2) is 18.7 Å². The van der Waals surface area contributed by atoms with Crippen LogP contribution in [0.3, 0.4) is 0 Å². The quantitative estimate of drug-likeness (QED) is 0.300. The van der Waals surface area contributed by atoms with Gasteiger partial charge in [0.05, 0.1) is 12.3 Å². The Morgan fingerprint density at radius 1 is 1.28 bits per heavy atom. The fourth-order valence-corrected chi connectivity index (χ4v) is 4.88. The standard InChI is InChI=1S/C24H30ClF2N7O2/c1-2-4-15(7-8-20(28)36)34-22-19(12-29-23(33-22)30-14-5-3-6-16(35)11-14)31-24(34)32-21-17(26)9-13(25)10-18(21)27/h9-10,12,14-16,35H,2-8,11H2,1H3,(H2,28,36)(H,31,32)(H,29,30,33)/t14-,15+,16-/m0/s1.